The lowest BCUT2D eigenvalue weighted by Gasteiger charge is -2.37. The highest BCUT2D eigenvalue weighted by Crippen LogP contribution is 2.27. The Labute approximate surface area is 131 Å². The highest BCUT2D eigenvalue weighted by molar-refractivity contribution is 5.86. The molecule has 2 aliphatic rings. The second-order valence-electron chi connectivity index (χ2n) is 6.12. The van der Waals surface area contributed by atoms with Crippen LogP contribution in [-0.2, 0) is 9.53 Å². The molecule has 22 heavy (non-hydrogen) atoms. The second kappa shape index (κ2) is 6.67. The fourth-order valence-corrected chi connectivity index (χ4v) is 3.33. The Hall–Kier alpha value is -1.59. The number of aliphatic hydroxyl groups is 1. The number of para-hydroxylation sites is 1. The molecular weight excluding hydrogens is 280 g/mol. The van der Waals surface area contributed by atoms with E-state index in [0.29, 0.717) is 19.7 Å². The van der Waals surface area contributed by atoms with Crippen molar-refractivity contribution in [3.05, 3.63) is 30.3 Å². The normalized spacial score (nSPS) is 27.0. The third-order valence-electron chi connectivity index (χ3n) is 4.57. The number of hydrogen-bond acceptors (Lipinski definition) is 4. The van der Waals surface area contributed by atoms with Crippen LogP contribution in [0, 0.1) is 0 Å². The van der Waals surface area contributed by atoms with Gasteiger partial charge in [0.15, 0.2) is 0 Å². The van der Waals surface area contributed by atoms with Crippen LogP contribution in [0.3, 0.4) is 0 Å². The molecule has 3 atom stereocenters. The smallest absolute Gasteiger partial charge is 0.245 e. The summed E-state index contributed by atoms with van der Waals surface area (Å²) < 4.78 is 5.54. The van der Waals surface area contributed by atoms with Gasteiger partial charge in [-0.25, -0.2) is 0 Å². The Kier molecular flexibility index (Phi) is 4.64. The van der Waals surface area contributed by atoms with E-state index in [1.165, 1.54) is 0 Å². The average Bonchev–Trinajstić information content (AvgIpc) is 3.04. The van der Waals surface area contributed by atoms with Crippen molar-refractivity contribution in [1.29, 1.82) is 0 Å². The first-order chi connectivity index (χ1) is 10.7. The molecule has 0 spiro atoms. The highest BCUT2D eigenvalue weighted by atomic mass is 16.5. The standard InChI is InChI=1S/C17H24N2O3/c1-13(20)16-12-18(10-11-22-16)17(21)15-8-5-9-19(15)14-6-3-2-4-7-14/h2-4,6-7,13,15-16,20H,5,8-12H2,1H3. The molecule has 0 bridgehead atoms. The number of hydrogen-bond donors (Lipinski definition) is 1. The number of benzene rings is 1. The van der Waals surface area contributed by atoms with Gasteiger partial charge in [0, 0.05) is 25.3 Å². The van der Waals surface area contributed by atoms with Gasteiger partial charge in [0.05, 0.1) is 12.7 Å². The third kappa shape index (κ3) is 3.10. The van der Waals surface area contributed by atoms with E-state index in [9.17, 15) is 9.90 Å². The van der Waals surface area contributed by atoms with Gasteiger partial charge in [-0.1, -0.05) is 18.2 Å². The van der Waals surface area contributed by atoms with Gasteiger partial charge in [-0.15, -0.1) is 0 Å². The van der Waals surface area contributed by atoms with Gasteiger partial charge < -0.3 is 19.6 Å². The molecule has 0 aromatic heterocycles. The molecule has 2 fully saturated rings. The van der Waals surface area contributed by atoms with E-state index in [1.807, 2.05) is 23.1 Å². The maximum Gasteiger partial charge on any atom is 0.245 e. The molecule has 2 aliphatic heterocycles. The molecule has 2 heterocycles. The molecule has 1 aromatic carbocycles. The monoisotopic (exact) mass is 304 g/mol. The predicted molar refractivity (Wildman–Crippen MR) is 84.8 cm³/mol. The first-order valence-electron chi connectivity index (χ1n) is 8.07. The summed E-state index contributed by atoms with van der Waals surface area (Å²) in [7, 11) is 0. The Balaban J connectivity index is 1.71. The molecule has 1 N–H and O–H groups in total. The molecule has 5 heteroatoms. The third-order valence-corrected chi connectivity index (χ3v) is 4.57. The number of carbonyl (C=O) groups is 1. The largest absolute Gasteiger partial charge is 0.391 e. The van der Waals surface area contributed by atoms with Crippen molar-refractivity contribution in [2.45, 2.75) is 38.0 Å². The van der Waals surface area contributed by atoms with Crippen LogP contribution in [0.2, 0.25) is 0 Å². The van der Waals surface area contributed by atoms with Gasteiger partial charge in [0.25, 0.3) is 0 Å². The van der Waals surface area contributed by atoms with Crippen LogP contribution in [0.15, 0.2) is 30.3 Å². The molecule has 5 nitrogen and oxygen atoms in total. The summed E-state index contributed by atoms with van der Waals surface area (Å²) in [5, 5.41) is 9.70. The molecule has 0 aliphatic carbocycles. The number of nitrogens with zero attached hydrogens (tertiary/aromatic N) is 2. The van der Waals surface area contributed by atoms with E-state index in [2.05, 4.69) is 17.0 Å². The Morgan fingerprint density at radius 1 is 1.32 bits per heavy atom. The minimum absolute atomic E-state index is 0.0878. The number of anilines is 1. The number of amides is 1. The van der Waals surface area contributed by atoms with E-state index in [4.69, 9.17) is 4.74 Å². The summed E-state index contributed by atoms with van der Waals surface area (Å²) in [4.78, 5) is 17.0. The molecule has 0 radical (unpaired) electrons. The maximum atomic E-state index is 12.9. The van der Waals surface area contributed by atoms with Crippen LogP contribution in [0.25, 0.3) is 0 Å². The molecule has 1 aromatic rings. The van der Waals surface area contributed by atoms with E-state index >= 15 is 0 Å². The van der Waals surface area contributed by atoms with Crippen molar-refractivity contribution in [3.8, 4) is 0 Å². The first-order valence-corrected chi connectivity index (χ1v) is 8.07. The minimum atomic E-state index is -0.551. The van der Waals surface area contributed by atoms with Crippen LogP contribution in [0.1, 0.15) is 19.8 Å². The molecule has 120 valence electrons. The van der Waals surface area contributed by atoms with Crippen LogP contribution in [-0.4, -0.2) is 60.4 Å². The molecular formula is C17H24N2O3. The molecule has 2 saturated heterocycles. The Morgan fingerprint density at radius 3 is 2.82 bits per heavy atom. The van der Waals surface area contributed by atoms with Gasteiger partial charge in [0.2, 0.25) is 5.91 Å². The minimum Gasteiger partial charge on any atom is -0.391 e. The van der Waals surface area contributed by atoms with Crippen LogP contribution >= 0.6 is 0 Å². The zero-order chi connectivity index (χ0) is 15.5. The van der Waals surface area contributed by atoms with Crippen molar-refractivity contribution in [3.63, 3.8) is 0 Å². The zero-order valence-electron chi connectivity index (χ0n) is 13.0. The lowest BCUT2D eigenvalue weighted by Crippen LogP contribution is -2.54. The number of carbonyl (C=O) groups excluding carboxylic acids is 1. The zero-order valence-corrected chi connectivity index (χ0v) is 13.0. The lowest BCUT2D eigenvalue weighted by molar-refractivity contribution is -0.144. The van der Waals surface area contributed by atoms with Crippen molar-refractivity contribution in [1.82, 2.24) is 4.90 Å². The van der Waals surface area contributed by atoms with Gasteiger partial charge >= 0.3 is 0 Å². The van der Waals surface area contributed by atoms with Crippen LogP contribution < -0.4 is 4.90 Å². The second-order valence-corrected chi connectivity index (χ2v) is 6.12. The van der Waals surface area contributed by atoms with Crippen molar-refractivity contribution in [2.75, 3.05) is 31.1 Å². The summed E-state index contributed by atoms with van der Waals surface area (Å²) >= 11 is 0. The first kappa shape index (κ1) is 15.3. The molecule has 0 saturated carbocycles. The van der Waals surface area contributed by atoms with Crippen LogP contribution in [0.4, 0.5) is 5.69 Å². The van der Waals surface area contributed by atoms with Crippen molar-refractivity contribution < 1.29 is 14.6 Å². The van der Waals surface area contributed by atoms with E-state index in [-0.39, 0.29) is 18.1 Å². The van der Waals surface area contributed by atoms with Crippen molar-refractivity contribution in [2.24, 2.45) is 0 Å². The lowest BCUT2D eigenvalue weighted by atomic mass is 10.1. The van der Waals surface area contributed by atoms with Gasteiger partial charge in [-0.2, -0.15) is 0 Å². The molecule has 3 rings (SSSR count). The number of rotatable bonds is 3. The fraction of sp³-hybridized carbons (Fsp3) is 0.588. The summed E-state index contributed by atoms with van der Waals surface area (Å²) in [6.07, 6.45) is 1.11. The quantitative estimate of drug-likeness (QED) is 0.913. The maximum absolute atomic E-state index is 12.9. The summed E-state index contributed by atoms with van der Waals surface area (Å²) in [6.45, 7) is 4.23. The Bertz CT molecular complexity index is 506. The summed E-state index contributed by atoms with van der Waals surface area (Å²) in [5.74, 6) is 0.162. The summed E-state index contributed by atoms with van der Waals surface area (Å²) in [5.41, 5.74) is 1.11. The number of ether oxygens (including phenoxy) is 1. The summed E-state index contributed by atoms with van der Waals surface area (Å²) in [6, 6.07) is 10.0. The topological polar surface area (TPSA) is 53.0 Å². The number of morpholine rings is 1. The van der Waals surface area contributed by atoms with Gasteiger partial charge in [0.1, 0.15) is 12.1 Å². The van der Waals surface area contributed by atoms with E-state index in [0.717, 1.165) is 25.1 Å². The molecule has 3 unspecified atom stereocenters. The fourth-order valence-electron chi connectivity index (χ4n) is 3.33. The predicted octanol–water partition coefficient (Wildman–Crippen LogP) is 1.26. The van der Waals surface area contributed by atoms with Gasteiger partial charge in [-0.3, -0.25) is 4.79 Å². The van der Waals surface area contributed by atoms with Crippen molar-refractivity contribution >= 4 is 11.6 Å². The SMILES string of the molecule is CC(O)C1CN(C(=O)C2CCCN2c2ccccc2)CCO1. The van der Waals surface area contributed by atoms with E-state index < -0.39 is 6.10 Å². The molecule has 1 amide bonds. The van der Waals surface area contributed by atoms with Crippen LogP contribution in [0.5, 0.6) is 0 Å². The average molecular weight is 304 g/mol. The Morgan fingerprint density at radius 2 is 2.09 bits per heavy atom. The highest BCUT2D eigenvalue weighted by Gasteiger charge is 2.36. The van der Waals surface area contributed by atoms with E-state index in [1.54, 1.807) is 6.92 Å². The number of aliphatic hydroxyl groups excluding tert-OH is 1. The van der Waals surface area contributed by atoms with Gasteiger partial charge in [-0.05, 0) is 31.9 Å².